The van der Waals surface area contributed by atoms with E-state index < -0.39 is 0 Å². The third-order valence-corrected chi connectivity index (χ3v) is 4.28. The SMILES string of the molecule is CCCn1c(=O)n(CCC(=O)N[C@@H](C)c2ccco2)c2ccccc21. The van der Waals surface area contributed by atoms with Crippen molar-refractivity contribution in [1.29, 1.82) is 0 Å². The molecule has 0 aliphatic rings. The van der Waals surface area contributed by atoms with Crippen LogP contribution in [0.4, 0.5) is 0 Å². The van der Waals surface area contributed by atoms with E-state index in [1.807, 2.05) is 44.2 Å². The van der Waals surface area contributed by atoms with Gasteiger partial charge in [-0.3, -0.25) is 13.9 Å². The van der Waals surface area contributed by atoms with E-state index >= 15 is 0 Å². The summed E-state index contributed by atoms with van der Waals surface area (Å²) in [5.41, 5.74) is 1.72. The molecule has 0 saturated heterocycles. The lowest BCUT2D eigenvalue weighted by atomic mass is 10.2. The number of carbonyl (C=O) groups excluding carboxylic acids is 1. The van der Waals surface area contributed by atoms with Crippen molar-refractivity contribution >= 4 is 16.9 Å². The number of nitrogens with zero attached hydrogens (tertiary/aromatic N) is 2. The lowest BCUT2D eigenvalue weighted by Crippen LogP contribution is -2.30. The molecule has 2 aromatic heterocycles. The molecule has 0 saturated carbocycles. The standard InChI is InChI=1S/C19H23N3O3/c1-3-11-21-15-7-4-5-8-16(15)22(19(21)24)12-10-18(23)20-14(2)17-9-6-13-25-17/h4-9,13-14H,3,10-12H2,1-2H3,(H,20,23)/t14-/m0/s1. The number of rotatable bonds is 7. The number of hydrogen-bond donors (Lipinski definition) is 1. The summed E-state index contributed by atoms with van der Waals surface area (Å²) in [7, 11) is 0. The molecule has 0 spiro atoms. The van der Waals surface area contributed by atoms with Gasteiger partial charge < -0.3 is 9.73 Å². The summed E-state index contributed by atoms with van der Waals surface area (Å²) in [6, 6.07) is 11.1. The molecule has 6 heteroatoms. The van der Waals surface area contributed by atoms with Gasteiger partial charge in [0, 0.05) is 19.5 Å². The van der Waals surface area contributed by atoms with Crippen LogP contribution < -0.4 is 11.0 Å². The van der Waals surface area contributed by atoms with E-state index in [0.29, 0.717) is 18.8 Å². The number of benzene rings is 1. The molecule has 2 heterocycles. The van der Waals surface area contributed by atoms with Gasteiger partial charge in [-0.15, -0.1) is 0 Å². The first-order chi connectivity index (χ1) is 12.1. The average Bonchev–Trinajstić information content (AvgIpc) is 3.22. The molecule has 0 radical (unpaired) electrons. The van der Waals surface area contributed by atoms with Crippen LogP contribution in [0.2, 0.25) is 0 Å². The number of hydrogen-bond acceptors (Lipinski definition) is 3. The van der Waals surface area contributed by atoms with E-state index in [4.69, 9.17) is 4.42 Å². The predicted octanol–water partition coefficient (Wildman–Crippen LogP) is 3.07. The molecule has 1 aromatic carbocycles. The number of fused-ring (bicyclic) bond motifs is 1. The highest BCUT2D eigenvalue weighted by Gasteiger charge is 2.15. The second kappa shape index (κ2) is 7.42. The minimum atomic E-state index is -0.194. The first kappa shape index (κ1) is 17.1. The second-order valence-corrected chi connectivity index (χ2v) is 6.13. The summed E-state index contributed by atoms with van der Waals surface area (Å²) in [5.74, 6) is 0.605. The third-order valence-electron chi connectivity index (χ3n) is 4.28. The molecule has 0 aliphatic heterocycles. The first-order valence-corrected chi connectivity index (χ1v) is 8.62. The number of amides is 1. The number of para-hydroxylation sites is 2. The van der Waals surface area contributed by atoms with Gasteiger partial charge in [-0.1, -0.05) is 19.1 Å². The lowest BCUT2D eigenvalue weighted by molar-refractivity contribution is -0.122. The highest BCUT2D eigenvalue weighted by molar-refractivity contribution is 5.78. The largest absolute Gasteiger partial charge is 0.467 e. The summed E-state index contributed by atoms with van der Waals surface area (Å²) in [4.78, 5) is 24.9. The highest BCUT2D eigenvalue weighted by Crippen LogP contribution is 2.15. The van der Waals surface area contributed by atoms with Gasteiger partial charge in [0.2, 0.25) is 5.91 Å². The molecule has 1 atom stereocenters. The van der Waals surface area contributed by atoms with Gasteiger partial charge in [0.1, 0.15) is 5.76 Å². The summed E-state index contributed by atoms with van der Waals surface area (Å²) in [6.45, 7) is 4.94. The van der Waals surface area contributed by atoms with Gasteiger partial charge in [-0.2, -0.15) is 0 Å². The Balaban J connectivity index is 1.74. The summed E-state index contributed by atoms with van der Waals surface area (Å²) < 4.78 is 8.75. The normalized spacial score (nSPS) is 12.4. The molecule has 3 rings (SSSR count). The van der Waals surface area contributed by atoms with Gasteiger partial charge in [-0.05, 0) is 37.6 Å². The van der Waals surface area contributed by atoms with Gasteiger partial charge in [0.15, 0.2) is 0 Å². The van der Waals surface area contributed by atoms with E-state index in [9.17, 15) is 9.59 Å². The van der Waals surface area contributed by atoms with Crippen molar-refractivity contribution in [1.82, 2.24) is 14.5 Å². The number of imidazole rings is 1. The molecule has 6 nitrogen and oxygen atoms in total. The van der Waals surface area contributed by atoms with Crippen LogP contribution in [0.25, 0.3) is 11.0 Å². The Kier molecular flexibility index (Phi) is 5.07. The Hall–Kier alpha value is -2.76. The number of carbonyl (C=O) groups is 1. The fraction of sp³-hybridized carbons (Fsp3) is 0.368. The van der Waals surface area contributed by atoms with Crippen LogP contribution in [0.15, 0.2) is 51.9 Å². The maximum atomic E-state index is 12.7. The van der Waals surface area contributed by atoms with Crippen molar-refractivity contribution in [3.63, 3.8) is 0 Å². The summed E-state index contributed by atoms with van der Waals surface area (Å²) in [5, 5.41) is 2.90. The van der Waals surface area contributed by atoms with Gasteiger partial charge >= 0.3 is 5.69 Å². The van der Waals surface area contributed by atoms with Crippen LogP contribution in [-0.4, -0.2) is 15.0 Å². The van der Waals surface area contributed by atoms with Crippen LogP contribution in [0.5, 0.6) is 0 Å². The first-order valence-electron chi connectivity index (χ1n) is 8.62. The summed E-state index contributed by atoms with van der Waals surface area (Å²) in [6.07, 6.45) is 2.71. The fourth-order valence-electron chi connectivity index (χ4n) is 3.06. The Morgan fingerprint density at radius 2 is 1.80 bits per heavy atom. The van der Waals surface area contributed by atoms with Crippen LogP contribution in [0, 0.1) is 0 Å². The smallest absolute Gasteiger partial charge is 0.329 e. The summed E-state index contributed by atoms with van der Waals surface area (Å²) >= 11 is 0. The zero-order valence-corrected chi connectivity index (χ0v) is 14.6. The Morgan fingerprint density at radius 3 is 2.40 bits per heavy atom. The van der Waals surface area contributed by atoms with E-state index in [0.717, 1.165) is 17.5 Å². The number of furan rings is 1. The third kappa shape index (κ3) is 3.52. The predicted molar refractivity (Wildman–Crippen MR) is 96.4 cm³/mol. The monoisotopic (exact) mass is 341 g/mol. The Bertz CT molecular complexity index is 906. The maximum Gasteiger partial charge on any atom is 0.329 e. The van der Waals surface area contributed by atoms with Crippen LogP contribution in [0.1, 0.15) is 38.5 Å². The lowest BCUT2D eigenvalue weighted by Gasteiger charge is -2.11. The molecule has 25 heavy (non-hydrogen) atoms. The quantitative estimate of drug-likeness (QED) is 0.718. The number of aryl methyl sites for hydroxylation is 2. The minimum absolute atomic E-state index is 0.0602. The molecule has 1 N–H and O–H groups in total. The molecule has 1 amide bonds. The van der Waals surface area contributed by atoms with Crippen LogP contribution in [0.3, 0.4) is 0 Å². The molecule has 0 fully saturated rings. The van der Waals surface area contributed by atoms with Crippen molar-refractivity contribution in [3.05, 3.63) is 58.9 Å². The Morgan fingerprint density at radius 1 is 1.12 bits per heavy atom. The van der Waals surface area contributed by atoms with Crippen molar-refractivity contribution in [2.24, 2.45) is 0 Å². The number of aromatic nitrogens is 2. The molecular weight excluding hydrogens is 318 g/mol. The van der Waals surface area contributed by atoms with Crippen molar-refractivity contribution in [2.45, 2.75) is 45.8 Å². The van der Waals surface area contributed by atoms with Gasteiger partial charge in [0.05, 0.1) is 23.3 Å². The van der Waals surface area contributed by atoms with E-state index in [1.165, 1.54) is 0 Å². The van der Waals surface area contributed by atoms with Gasteiger partial charge in [-0.25, -0.2) is 4.79 Å². The molecular formula is C19H23N3O3. The van der Waals surface area contributed by atoms with E-state index in [-0.39, 0.29) is 24.1 Å². The zero-order valence-electron chi connectivity index (χ0n) is 14.6. The molecule has 0 unspecified atom stereocenters. The average molecular weight is 341 g/mol. The van der Waals surface area contributed by atoms with Crippen LogP contribution in [-0.2, 0) is 17.9 Å². The minimum Gasteiger partial charge on any atom is -0.467 e. The molecule has 3 aromatic rings. The van der Waals surface area contributed by atoms with E-state index in [2.05, 4.69) is 5.32 Å². The topological polar surface area (TPSA) is 69.2 Å². The highest BCUT2D eigenvalue weighted by atomic mass is 16.3. The fourth-order valence-corrected chi connectivity index (χ4v) is 3.06. The van der Waals surface area contributed by atoms with Crippen molar-refractivity contribution in [2.75, 3.05) is 0 Å². The van der Waals surface area contributed by atoms with Gasteiger partial charge in [0.25, 0.3) is 0 Å². The molecule has 132 valence electrons. The molecule has 0 aliphatic carbocycles. The second-order valence-electron chi connectivity index (χ2n) is 6.13. The van der Waals surface area contributed by atoms with Crippen molar-refractivity contribution in [3.8, 4) is 0 Å². The van der Waals surface area contributed by atoms with E-state index in [1.54, 1.807) is 21.5 Å². The molecule has 0 bridgehead atoms. The number of nitrogens with one attached hydrogen (secondary N) is 1. The van der Waals surface area contributed by atoms with Crippen LogP contribution >= 0.6 is 0 Å². The Labute approximate surface area is 146 Å². The zero-order chi connectivity index (χ0) is 17.8. The maximum absolute atomic E-state index is 12.7. The van der Waals surface area contributed by atoms with Crippen molar-refractivity contribution < 1.29 is 9.21 Å².